The van der Waals surface area contributed by atoms with Crippen LogP contribution in [0, 0.1) is 0 Å². The number of allylic oxidation sites excluding steroid dienone is 3. The first-order chi connectivity index (χ1) is 12.0. The lowest BCUT2D eigenvalue weighted by molar-refractivity contribution is 0.0969. The second kappa shape index (κ2) is 7.23. The minimum atomic E-state index is -0.349. The Morgan fingerprint density at radius 3 is 2.92 bits per heavy atom. The summed E-state index contributed by atoms with van der Waals surface area (Å²) in [5, 5.41) is 7.16. The van der Waals surface area contributed by atoms with E-state index in [0.29, 0.717) is 23.4 Å². The number of aryl methyl sites for hydroxylation is 2. The zero-order chi connectivity index (χ0) is 18.0. The van der Waals surface area contributed by atoms with Gasteiger partial charge < -0.3 is 11.1 Å². The Hall–Kier alpha value is -2.41. The Bertz CT molecular complexity index is 863. The van der Waals surface area contributed by atoms with E-state index < -0.39 is 0 Å². The number of hydrogen-bond acceptors (Lipinski definition) is 4. The van der Waals surface area contributed by atoms with Crippen molar-refractivity contribution in [3.05, 3.63) is 46.4 Å². The highest BCUT2D eigenvalue weighted by Gasteiger charge is 2.19. The summed E-state index contributed by atoms with van der Waals surface area (Å²) >= 11 is 1.30. The molecule has 1 aliphatic rings. The Labute approximate surface area is 150 Å². The number of thiophene rings is 1. The van der Waals surface area contributed by atoms with Gasteiger partial charge in [0.2, 0.25) is 0 Å². The van der Waals surface area contributed by atoms with Crippen molar-refractivity contribution in [2.75, 3.05) is 5.73 Å². The third kappa shape index (κ3) is 3.51. The van der Waals surface area contributed by atoms with Crippen LogP contribution in [0.25, 0.3) is 10.6 Å². The van der Waals surface area contributed by atoms with Crippen molar-refractivity contribution in [3.63, 3.8) is 0 Å². The van der Waals surface area contributed by atoms with Gasteiger partial charge in [0.25, 0.3) is 5.91 Å². The predicted octanol–water partition coefficient (Wildman–Crippen LogP) is 4.04. The van der Waals surface area contributed by atoms with E-state index in [0.717, 1.165) is 29.2 Å². The van der Waals surface area contributed by atoms with Crippen molar-refractivity contribution in [3.8, 4) is 10.6 Å². The number of hydrogen-bond donors (Lipinski definition) is 2. The molecule has 1 amide bonds. The van der Waals surface area contributed by atoms with Crippen LogP contribution in [0.5, 0.6) is 0 Å². The van der Waals surface area contributed by atoms with Crippen molar-refractivity contribution in [2.45, 2.75) is 39.7 Å². The summed E-state index contributed by atoms with van der Waals surface area (Å²) in [7, 11) is 0. The van der Waals surface area contributed by atoms with Gasteiger partial charge in [-0.15, -0.1) is 11.3 Å². The van der Waals surface area contributed by atoms with E-state index in [1.165, 1.54) is 11.3 Å². The highest BCUT2D eigenvalue weighted by atomic mass is 32.1. The largest absolute Gasteiger partial charge is 0.397 e. The quantitative estimate of drug-likeness (QED) is 0.845. The molecule has 7 heteroatoms. The second-order valence-electron chi connectivity index (χ2n) is 5.80. The average Bonchev–Trinajstić information content (AvgIpc) is 3.19. The van der Waals surface area contributed by atoms with Crippen LogP contribution in [0.15, 0.2) is 35.8 Å². The maximum atomic E-state index is 13.8. The van der Waals surface area contributed by atoms with Gasteiger partial charge in [-0.25, -0.2) is 4.39 Å². The molecule has 0 unspecified atom stereocenters. The number of carbonyl (C=O) groups is 1. The summed E-state index contributed by atoms with van der Waals surface area (Å²) in [6.07, 6.45) is 5.26. The number of nitrogens with two attached hydrogens (primary N) is 1. The van der Waals surface area contributed by atoms with Crippen LogP contribution in [-0.4, -0.2) is 15.7 Å². The van der Waals surface area contributed by atoms with Crippen LogP contribution in [0.3, 0.4) is 0 Å². The lowest BCUT2D eigenvalue weighted by atomic mass is 10.1. The molecule has 0 fully saturated rings. The molecule has 2 heterocycles. The number of nitrogens with one attached hydrogen (secondary N) is 1. The van der Waals surface area contributed by atoms with Crippen LogP contribution >= 0.6 is 11.3 Å². The fraction of sp³-hybridized carbons (Fsp3) is 0.333. The molecule has 0 spiro atoms. The molecule has 2 aromatic rings. The summed E-state index contributed by atoms with van der Waals surface area (Å²) in [6.45, 7) is 4.78. The molecule has 0 saturated heterocycles. The topological polar surface area (TPSA) is 72.9 Å². The number of halogens is 1. The van der Waals surface area contributed by atoms with Crippen molar-refractivity contribution >= 4 is 22.9 Å². The predicted molar refractivity (Wildman–Crippen MR) is 99.0 cm³/mol. The van der Waals surface area contributed by atoms with Crippen molar-refractivity contribution in [2.24, 2.45) is 0 Å². The Morgan fingerprint density at radius 2 is 2.24 bits per heavy atom. The van der Waals surface area contributed by atoms with Gasteiger partial charge in [-0.3, -0.25) is 9.48 Å². The molecule has 0 saturated carbocycles. The average molecular weight is 360 g/mol. The van der Waals surface area contributed by atoms with Gasteiger partial charge in [-0.05, 0) is 38.0 Å². The number of anilines is 1. The molecule has 3 rings (SSSR count). The molecule has 132 valence electrons. The van der Waals surface area contributed by atoms with Gasteiger partial charge >= 0.3 is 0 Å². The standard InChI is InChI=1S/C18H21FN4OS/c1-3-11-9-15(23(4-2)22-11)17-13(20)10-16(25-17)18(24)21-14-8-6-5-7-12(14)19/h6,8-10H,3-5,7,20H2,1-2H3,(H,21,24). The van der Waals surface area contributed by atoms with Gasteiger partial charge in [0.05, 0.1) is 32.5 Å². The third-order valence-electron chi connectivity index (χ3n) is 4.07. The van der Waals surface area contributed by atoms with E-state index in [-0.39, 0.29) is 17.4 Å². The number of amides is 1. The summed E-state index contributed by atoms with van der Waals surface area (Å²) in [4.78, 5) is 13.7. The maximum Gasteiger partial charge on any atom is 0.265 e. The van der Waals surface area contributed by atoms with E-state index in [1.807, 2.05) is 30.7 Å². The van der Waals surface area contributed by atoms with Gasteiger partial charge in [-0.2, -0.15) is 5.10 Å². The third-order valence-corrected chi connectivity index (χ3v) is 5.24. The molecule has 1 aliphatic carbocycles. The normalized spacial score (nSPS) is 14.2. The molecule has 2 aromatic heterocycles. The van der Waals surface area contributed by atoms with Gasteiger partial charge in [-0.1, -0.05) is 13.0 Å². The number of nitrogen functional groups attached to an aromatic ring is 1. The van der Waals surface area contributed by atoms with Crippen LogP contribution in [0.2, 0.25) is 0 Å². The zero-order valence-electron chi connectivity index (χ0n) is 14.3. The smallest absolute Gasteiger partial charge is 0.265 e. The molecule has 0 bridgehead atoms. The summed E-state index contributed by atoms with van der Waals surface area (Å²) in [6, 6.07) is 3.64. The number of nitrogens with zero attached hydrogens (tertiary/aromatic N) is 2. The summed E-state index contributed by atoms with van der Waals surface area (Å²) in [5.41, 5.74) is 8.78. The molecule has 0 radical (unpaired) electrons. The highest BCUT2D eigenvalue weighted by molar-refractivity contribution is 7.18. The minimum Gasteiger partial charge on any atom is -0.397 e. The second-order valence-corrected chi connectivity index (χ2v) is 6.85. The molecule has 0 aliphatic heterocycles. The van der Waals surface area contributed by atoms with E-state index in [2.05, 4.69) is 10.4 Å². The highest BCUT2D eigenvalue weighted by Crippen LogP contribution is 2.35. The Morgan fingerprint density at radius 1 is 1.44 bits per heavy atom. The molecule has 5 nitrogen and oxygen atoms in total. The summed E-state index contributed by atoms with van der Waals surface area (Å²) < 4.78 is 15.7. The SMILES string of the molecule is CCc1cc(-c2sc(C(=O)NC3=C(F)CCC=C3)cc2N)n(CC)n1. The fourth-order valence-electron chi connectivity index (χ4n) is 2.71. The van der Waals surface area contributed by atoms with E-state index >= 15 is 0 Å². The van der Waals surface area contributed by atoms with Crippen LogP contribution in [-0.2, 0) is 13.0 Å². The first-order valence-corrected chi connectivity index (χ1v) is 9.18. The number of aromatic nitrogens is 2. The summed E-state index contributed by atoms with van der Waals surface area (Å²) in [5.74, 6) is -0.643. The number of carbonyl (C=O) groups excluding carboxylic acids is 1. The van der Waals surface area contributed by atoms with Crippen molar-refractivity contribution in [1.82, 2.24) is 15.1 Å². The molecule has 25 heavy (non-hydrogen) atoms. The van der Waals surface area contributed by atoms with Crippen LogP contribution in [0.1, 0.15) is 42.1 Å². The Kier molecular flexibility index (Phi) is 5.03. The lowest BCUT2D eigenvalue weighted by Crippen LogP contribution is -2.22. The molecule has 0 atom stereocenters. The first-order valence-electron chi connectivity index (χ1n) is 8.36. The maximum absolute atomic E-state index is 13.8. The Balaban J connectivity index is 1.89. The van der Waals surface area contributed by atoms with E-state index in [9.17, 15) is 9.18 Å². The van der Waals surface area contributed by atoms with Crippen molar-refractivity contribution in [1.29, 1.82) is 0 Å². The number of rotatable bonds is 5. The molecular formula is C18H21FN4OS. The molecule has 3 N–H and O–H groups in total. The molecular weight excluding hydrogens is 339 g/mol. The van der Waals surface area contributed by atoms with E-state index in [1.54, 1.807) is 12.1 Å². The fourth-order valence-corrected chi connectivity index (χ4v) is 3.71. The van der Waals surface area contributed by atoms with E-state index in [4.69, 9.17) is 5.73 Å². The van der Waals surface area contributed by atoms with Crippen molar-refractivity contribution < 1.29 is 9.18 Å². The van der Waals surface area contributed by atoms with Gasteiger partial charge in [0.15, 0.2) is 0 Å². The molecule has 0 aromatic carbocycles. The minimum absolute atomic E-state index is 0.233. The zero-order valence-corrected chi connectivity index (χ0v) is 15.1. The monoisotopic (exact) mass is 360 g/mol. The van der Waals surface area contributed by atoms with Gasteiger partial charge in [0.1, 0.15) is 5.83 Å². The first kappa shape index (κ1) is 17.4. The van der Waals surface area contributed by atoms with Crippen LogP contribution < -0.4 is 11.1 Å². The van der Waals surface area contributed by atoms with Crippen LogP contribution in [0.4, 0.5) is 10.1 Å². The van der Waals surface area contributed by atoms with Gasteiger partial charge in [0, 0.05) is 13.0 Å². The lowest BCUT2D eigenvalue weighted by Gasteiger charge is -2.10.